The summed E-state index contributed by atoms with van der Waals surface area (Å²) in [6.07, 6.45) is 3.59. The molecule has 1 fully saturated rings. The summed E-state index contributed by atoms with van der Waals surface area (Å²) >= 11 is 0. The van der Waals surface area contributed by atoms with Crippen LogP contribution in [0.3, 0.4) is 0 Å². The molecule has 22 heavy (non-hydrogen) atoms. The van der Waals surface area contributed by atoms with Crippen molar-refractivity contribution in [3.8, 4) is 5.75 Å². The van der Waals surface area contributed by atoms with E-state index in [9.17, 15) is 4.79 Å². The van der Waals surface area contributed by atoms with Gasteiger partial charge in [-0.1, -0.05) is 6.92 Å². The lowest BCUT2D eigenvalue weighted by molar-refractivity contribution is 0.0914. The summed E-state index contributed by atoms with van der Waals surface area (Å²) in [7, 11) is 0. The smallest absolute Gasteiger partial charge is 0.251 e. The average molecular weight is 304 g/mol. The zero-order valence-corrected chi connectivity index (χ0v) is 13.9. The van der Waals surface area contributed by atoms with Gasteiger partial charge in [0.05, 0.1) is 6.10 Å². The van der Waals surface area contributed by atoms with Gasteiger partial charge in [0, 0.05) is 18.7 Å². The molecular formula is C18H28N2O2. The number of hydrogen-bond acceptors (Lipinski definition) is 3. The minimum atomic E-state index is -0.00510. The Balaban J connectivity index is 1.91. The molecule has 4 nitrogen and oxygen atoms in total. The Kier molecular flexibility index (Phi) is 5.83. The van der Waals surface area contributed by atoms with Gasteiger partial charge in [-0.15, -0.1) is 0 Å². The third-order valence-corrected chi connectivity index (χ3v) is 4.42. The minimum Gasteiger partial charge on any atom is -0.491 e. The van der Waals surface area contributed by atoms with Gasteiger partial charge in [0.1, 0.15) is 5.75 Å². The van der Waals surface area contributed by atoms with Crippen molar-refractivity contribution in [2.45, 2.75) is 46.1 Å². The highest BCUT2D eigenvalue weighted by Gasteiger charge is 2.30. The fourth-order valence-corrected chi connectivity index (χ4v) is 2.93. The minimum absolute atomic E-state index is 0.00510. The van der Waals surface area contributed by atoms with Gasteiger partial charge >= 0.3 is 0 Å². The van der Waals surface area contributed by atoms with Gasteiger partial charge in [0.15, 0.2) is 0 Å². The highest BCUT2D eigenvalue weighted by molar-refractivity contribution is 5.94. The fourth-order valence-electron chi connectivity index (χ4n) is 2.93. The number of carbonyl (C=O) groups excluding carboxylic acids is 1. The molecule has 0 saturated carbocycles. The van der Waals surface area contributed by atoms with Crippen LogP contribution in [0.5, 0.6) is 5.75 Å². The van der Waals surface area contributed by atoms with E-state index in [0.29, 0.717) is 5.56 Å². The summed E-state index contributed by atoms with van der Waals surface area (Å²) < 4.78 is 5.60. The fraction of sp³-hybridized carbons (Fsp3) is 0.611. The van der Waals surface area contributed by atoms with Crippen LogP contribution in [-0.4, -0.2) is 31.6 Å². The van der Waals surface area contributed by atoms with Crippen molar-refractivity contribution in [2.75, 3.05) is 19.6 Å². The van der Waals surface area contributed by atoms with Crippen LogP contribution < -0.4 is 15.4 Å². The van der Waals surface area contributed by atoms with E-state index in [4.69, 9.17) is 4.74 Å². The third kappa shape index (κ3) is 4.47. The molecule has 2 N–H and O–H groups in total. The molecular weight excluding hydrogens is 276 g/mol. The van der Waals surface area contributed by atoms with Crippen molar-refractivity contribution in [1.82, 2.24) is 10.6 Å². The Morgan fingerprint density at radius 2 is 2.09 bits per heavy atom. The maximum absolute atomic E-state index is 12.3. The molecule has 0 radical (unpaired) electrons. The second kappa shape index (κ2) is 7.63. The summed E-state index contributed by atoms with van der Waals surface area (Å²) in [5, 5.41) is 6.55. The van der Waals surface area contributed by atoms with Gasteiger partial charge < -0.3 is 15.4 Å². The van der Waals surface area contributed by atoms with Crippen LogP contribution in [0.1, 0.15) is 50.4 Å². The lowest BCUT2D eigenvalue weighted by atomic mass is 9.78. The summed E-state index contributed by atoms with van der Waals surface area (Å²) in [6.45, 7) is 9.00. The molecule has 122 valence electrons. The number of hydrogen-bond donors (Lipinski definition) is 2. The van der Waals surface area contributed by atoms with Crippen molar-refractivity contribution in [3.05, 3.63) is 29.8 Å². The molecule has 1 aliphatic heterocycles. The Morgan fingerprint density at radius 1 is 1.36 bits per heavy atom. The maximum atomic E-state index is 12.3. The first-order chi connectivity index (χ1) is 10.5. The van der Waals surface area contributed by atoms with Crippen molar-refractivity contribution < 1.29 is 9.53 Å². The van der Waals surface area contributed by atoms with E-state index in [2.05, 4.69) is 17.6 Å². The van der Waals surface area contributed by atoms with E-state index in [0.717, 1.165) is 31.8 Å². The van der Waals surface area contributed by atoms with Gasteiger partial charge in [-0.2, -0.15) is 0 Å². The van der Waals surface area contributed by atoms with Gasteiger partial charge in [0.2, 0.25) is 0 Å². The van der Waals surface area contributed by atoms with Crippen LogP contribution >= 0.6 is 0 Å². The molecule has 0 bridgehead atoms. The van der Waals surface area contributed by atoms with Crippen LogP contribution in [0, 0.1) is 5.41 Å². The molecule has 1 aromatic carbocycles. The van der Waals surface area contributed by atoms with Crippen molar-refractivity contribution in [1.29, 1.82) is 0 Å². The van der Waals surface area contributed by atoms with E-state index in [-0.39, 0.29) is 17.4 Å². The molecule has 1 atom stereocenters. The topological polar surface area (TPSA) is 50.4 Å². The second-order valence-corrected chi connectivity index (χ2v) is 6.51. The van der Waals surface area contributed by atoms with E-state index < -0.39 is 0 Å². The molecule has 4 heteroatoms. The summed E-state index contributed by atoms with van der Waals surface area (Å²) in [6, 6.07) is 7.36. The maximum Gasteiger partial charge on any atom is 0.251 e. The molecule has 1 unspecified atom stereocenters. The van der Waals surface area contributed by atoms with Crippen molar-refractivity contribution >= 4 is 5.91 Å². The molecule has 1 aliphatic rings. The lowest BCUT2D eigenvalue weighted by Gasteiger charge is -2.37. The molecule has 1 heterocycles. The van der Waals surface area contributed by atoms with E-state index in [1.807, 2.05) is 38.1 Å². The SMILES string of the molecule is CCC1(CNC(=O)c2ccc(OC(C)C)cc2)CCCNC1. The van der Waals surface area contributed by atoms with Crippen LogP contribution in [-0.2, 0) is 0 Å². The van der Waals surface area contributed by atoms with E-state index >= 15 is 0 Å². The monoisotopic (exact) mass is 304 g/mol. The molecule has 1 aromatic rings. The highest BCUT2D eigenvalue weighted by Crippen LogP contribution is 2.29. The lowest BCUT2D eigenvalue weighted by Crippen LogP contribution is -2.47. The standard InChI is InChI=1S/C18H28N2O2/c1-4-18(10-5-11-19-12-18)13-20-17(21)15-6-8-16(9-7-15)22-14(2)3/h6-9,14,19H,4-5,10-13H2,1-3H3,(H,20,21). The number of rotatable bonds is 6. The first-order valence-corrected chi connectivity index (χ1v) is 8.30. The number of carbonyl (C=O) groups is 1. The van der Waals surface area contributed by atoms with E-state index in [1.165, 1.54) is 12.8 Å². The molecule has 0 spiro atoms. The Hall–Kier alpha value is -1.55. The zero-order chi connectivity index (χ0) is 16.0. The van der Waals surface area contributed by atoms with Crippen LogP contribution in [0.15, 0.2) is 24.3 Å². The van der Waals surface area contributed by atoms with Crippen LogP contribution in [0.25, 0.3) is 0 Å². The van der Waals surface area contributed by atoms with Crippen LogP contribution in [0.2, 0.25) is 0 Å². The average Bonchev–Trinajstić information content (AvgIpc) is 2.54. The first kappa shape index (κ1) is 16.8. The number of nitrogens with one attached hydrogen (secondary N) is 2. The third-order valence-electron chi connectivity index (χ3n) is 4.42. The molecule has 1 saturated heterocycles. The van der Waals surface area contributed by atoms with E-state index in [1.54, 1.807) is 0 Å². The summed E-state index contributed by atoms with van der Waals surface area (Å²) in [4.78, 5) is 12.3. The van der Waals surface area contributed by atoms with Crippen LogP contribution in [0.4, 0.5) is 0 Å². The van der Waals surface area contributed by atoms with Gasteiger partial charge in [0.25, 0.3) is 5.91 Å². The zero-order valence-electron chi connectivity index (χ0n) is 13.9. The largest absolute Gasteiger partial charge is 0.491 e. The normalized spacial score (nSPS) is 21.6. The Morgan fingerprint density at radius 3 is 2.64 bits per heavy atom. The number of benzene rings is 1. The first-order valence-electron chi connectivity index (χ1n) is 8.30. The number of piperidine rings is 1. The number of amides is 1. The molecule has 0 aromatic heterocycles. The molecule has 2 rings (SSSR count). The van der Waals surface area contributed by atoms with Gasteiger partial charge in [-0.25, -0.2) is 0 Å². The number of ether oxygens (including phenoxy) is 1. The Bertz CT molecular complexity index is 476. The summed E-state index contributed by atoms with van der Waals surface area (Å²) in [5.74, 6) is 0.794. The Labute approximate surface area is 133 Å². The summed E-state index contributed by atoms with van der Waals surface area (Å²) in [5.41, 5.74) is 0.889. The highest BCUT2D eigenvalue weighted by atomic mass is 16.5. The molecule has 0 aliphatic carbocycles. The quantitative estimate of drug-likeness (QED) is 0.849. The van der Waals surface area contributed by atoms with Gasteiger partial charge in [-0.3, -0.25) is 4.79 Å². The van der Waals surface area contributed by atoms with Crippen molar-refractivity contribution in [3.63, 3.8) is 0 Å². The molecule has 1 amide bonds. The van der Waals surface area contributed by atoms with Gasteiger partial charge in [-0.05, 0) is 69.3 Å². The van der Waals surface area contributed by atoms with Crippen molar-refractivity contribution in [2.24, 2.45) is 5.41 Å². The second-order valence-electron chi connectivity index (χ2n) is 6.51. The predicted octanol–water partition coefficient (Wildman–Crippen LogP) is 2.98. The predicted molar refractivity (Wildman–Crippen MR) is 89.4 cm³/mol.